The largest absolute Gasteiger partial charge is 0.493 e. The fourth-order valence-corrected chi connectivity index (χ4v) is 4.51. The molecule has 0 aliphatic carbocycles. The van der Waals surface area contributed by atoms with Gasteiger partial charge in [-0.25, -0.2) is 9.38 Å². The van der Waals surface area contributed by atoms with Crippen molar-refractivity contribution in [1.29, 1.82) is 0 Å². The first-order valence-corrected chi connectivity index (χ1v) is 10.8. The predicted molar refractivity (Wildman–Crippen MR) is 124 cm³/mol. The summed E-state index contributed by atoms with van der Waals surface area (Å²) in [7, 11) is 1.60. The minimum Gasteiger partial charge on any atom is -0.493 e. The normalized spacial score (nSPS) is 12.0. The van der Waals surface area contributed by atoms with Crippen molar-refractivity contribution in [3.8, 4) is 11.5 Å². The number of para-hydroxylation sites is 2. The predicted octanol–water partition coefficient (Wildman–Crippen LogP) is 4.70. The van der Waals surface area contributed by atoms with Gasteiger partial charge in [0.2, 0.25) is 0 Å². The molecule has 0 saturated carbocycles. The summed E-state index contributed by atoms with van der Waals surface area (Å²) in [6.07, 6.45) is 1.85. The summed E-state index contributed by atoms with van der Waals surface area (Å²) in [5, 5.41) is 0.688. The molecule has 0 atom stereocenters. The summed E-state index contributed by atoms with van der Waals surface area (Å²) in [6, 6.07) is 20.7. The number of halogens is 1. The molecule has 5 aromatic rings. The van der Waals surface area contributed by atoms with E-state index in [1.165, 1.54) is 11.3 Å². The second-order valence-corrected chi connectivity index (χ2v) is 8.41. The van der Waals surface area contributed by atoms with Crippen molar-refractivity contribution in [2.24, 2.45) is 0 Å². The second-order valence-electron chi connectivity index (χ2n) is 6.96. The first-order chi connectivity index (χ1) is 15.1. The lowest BCUT2D eigenvalue weighted by Gasteiger charge is -2.11. The van der Waals surface area contributed by atoms with Crippen LogP contribution in [-0.4, -0.2) is 16.5 Å². The van der Waals surface area contributed by atoms with Crippen LogP contribution in [0.15, 0.2) is 71.5 Å². The number of aromatic nitrogens is 2. The Hall–Kier alpha value is -3.35. The Balaban J connectivity index is 1.46. The van der Waals surface area contributed by atoms with Gasteiger partial charge in [-0.05, 0) is 53.6 Å². The van der Waals surface area contributed by atoms with Crippen molar-refractivity contribution in [2.45, 2.75) is 6.61 Å². The van der Waals surface area contributed by atoms with Crippen LogP contribution < -0.4 is 19.6 Å². The Morgan fingerprint density at radius 2 is 1.87 bits per heavy atom. The molecule has 5 nitrogen and oxygen atoms in total. The second kappa shape index (κ2) is 8.06. The Kier molecular flexibility index (Phi) is 5.10. The number of benzene rings is 3. The summed E-state index contributed by atoms with van der Waals surface area (Å²) in [5.74, 6) is 1.23. The summed E-state index contributed by atoms with van der Waals surface area (Å²) in [4.78, 5) is 18.2. The van der Waals surface area contributed by atoms with Crippen molar-refractivity contribution in [3.63, 3.8) is 0 Å². The Labute approximate surface area is 186 Å². The molecule has 0 N–H and O–H groups in total. The zero-order valence-electron chi connectivity index (χ0n) is 16.5. The maximum atomic E-state index is 12.9. The summed E-state index contributed by atoms with van der Waals surface area (Å²) < 4.78 is 13.7. The molecule has 0 saturated heterocycles. The van der Waals surface area contributed by atoms with Crippen LogP contribution in [0.5, 0.6) is 11.5 Å². The number of fused-ring (bicyclic) bond motifs is 3. The van der Waals surface area contributed by atoms with E-state index in [1.54, 1.807) is 11.5 Å². The van der Waals surface area contributed by atoms with E-state index in [9.17, 15) is 4.79 Å². The number of ether oxygens (including phenoxy) is 2. The molecule has 0 bridgehead atoms. The van der Waals surface area contributed by atoms with E-state index in [0.29, 0.717) is 32.6 Å². The number of thiazole rings is 1. The van der Waals surface area contributed by atoms with Crippen LogP contribution in [0.4, 0.5) is 0 Å². The number of nitrogens with zero attached hydrogens (tertiary/aromatic N) is 2. The molecule has 7 heteroatoms. The van der Waals surface area contributed by atoms with Crippen LogP contribution in [0.2, 0.25) is 5.02 Å². The number of hydrogen-bond acceptors (Lipinski definition) is 5. The molecule has 0 unspecified atom stereocenters. The zero-order valence-corrected chi connectivity index (χ0v) is 18.1. The molecule has 5 rings (SSSR count). The van der Waals surface area contributed by atoms with Gasteiger partial charge in [0.1, 0.15) is 6.61 Å². The highest BCUT2D eigenvalue weighted by Gasteiger charge is 2.11. The standard InChI is InChI=1S/C24H17ClN2O3S/c1-29-21-12-16(8-11-20(21)30-14-15-6-9-17(25)10-7-15)13-22-23(28)27-19-5-3-2-4-18(19)26-24(27)31-22/h2-13H,14H2,1H3. The Morgan fingerprint density at radius 3 is 2.68 bits per heavy atom. The van der Waals surface area contributed by atoms with Gasteiger partial charge in [-0.2, -0.15) is 0 Å². The molecule has 0 aliphatic heterocycles. The smallest absolute Gasteiger partial charge is 0.274 e. The van der Waals surface area contributed by atoms with Crippen LogP contribution in [-0.2, 0) is 6.61 Å². The fraction of sp³-hybridized carbons (Fsp3) is 0.0833. The van der Waals surface area contributed by atoms with Gasteiger partial charge in [-0.3, -0.25) is 4.79 Å². The molecule has 3 aromatic carbocycles. The lowest BCUT2D eigenvalue weighted by atomic mass is 10.2. The van der Waals surface area contributed by atoms with E-state index in [4.69, 9.17) is 21.1 Å². The highest BCUT2D eigenvalue weighted by molar-refractivity contribution is 7.15. The molecule has 154 valence electrons. The first kappa shape index (κ1) is 19.6. The van der Waals surface area contributed by atoms with E-state index < -0.39 is 0 Å². The van der Waals surface area contributed by atoms with E-state index in [2.05, 4.69) is 4.98 Å². The summed E-state index contributed by atoms with van der Waals surface area (Å²) in [5.41, 5.74) is 3.42. The maximum absolute atomic E-state index is 12.9. The van der Waals surface area contributed by atoms with Crippen LogP contribution in [0.3, 0.4) is 0 Å². The van der Waals surface area contributed by atoms with Gasteiger partial charge >= 0.3 is 0 Å². The molecule has 0 amide bonds. The van der Waals surface area contributed by atoms with Crippen LogP contribution in [0.25, 0.3) is 22.1 Å². The van der Waals surface area contributed by atoms with Crippen LogP contribution >= 0.6 is 22.9 Å². The van der Waals surface area contributed by atoms with Crippen LogP contribution in [0, 0.1) is 0 Å². The average molecular weight is 449 g/mol. The number of hydrogen-bond donors (Lipinski definition) is 0. The highest BCUT2D eigenvalue weighted by atomic mass is 35.5. The van der Waals surface area contributed by atoms with Crippen LogP contribution in [0.1, 0.15) is 11.1 Å². The molecule has 31 heavy (non-hydrogen) atoms. The monoisotopic (exact) mass is 448 g/mol. The first-order valence-electron chi connectivity index (χ1n) is 9.59. The van der Waals surface area contributed by atoms with Gasteiger partial charge in [-0.1, -0.05) is 53.3 Å². The van der Waals surface area contributed by atoms with E-state index in [1.807, 2.05) is 72.8 Å². The molecule has 0 fully saturated rings. The van der Waals surface area contributed by atoms with Gasteiger partial charge in [0.25, 0.3) is 5.56 Å². The van der Waals surface area contributed by atoms with Gasteiger partial charge in [0, 0.05) is 5.02 Å². The van der Waals surface area contributed by atoms with E-state index >= 15 is 0 Å². The topological polar surface area (TPSA) is 52.8 Å². The summed E-state index contributed by atoms with van der Waals surface area (Å²) >= 11 is 7.30. The molecular formula is C24H17ClN2O3S. The number of methoxy groups -OCH3 is 1. The Morgan fingerprint density at radius 1 is 1.06 bits per heavy atom. The van der Waals surface area contributed by atoms with Crippen molar-refractivity contribution >= 4 is 45.0 Å². The zero-order chi connectivity index (χ0) is 21.4. The molecule has 2 heterocycles. The maximum Gasteiger partial charge on any atom is 0.274 e. The molecule has 0 radical (unpaired) electrons. The molecule has 2 aromatic heterocycles. The van der Waals surface area contributed by atoms with Gasteiger partial charge in [0.05, 0.1) is 22.7 Å². The Bertz CT molecular complexity index is 1510. The van der Waals surface area contributed by atoms with Crippen molar-refractivity contribution in [3.05, 3.63) is 97.8 Å². The average Bonchev–Trinajstić information content (AvgIpc) is 3.30. The minimum absolute atomic E-state index is 0.0734. The molecule has 0 aliphatic rings. The number of rotatable bonds is 5. The third-order valence-electron chi connectivity index (χ3n) is 4.94. The molecule has 0 spiro atoms. The third kappa shape index (κ3) is 3.76. The number of imidazole rings is 1. The van der Waals surface area contributed by atoms with E-state index in [0.717, 1.165) is 22.2 Å². The SMILES string of the molecule is COc1cc(C=c2sc3nc4ccccc4n3c2=O)ccc1OCc1ccc(Cl)cc1. The van der Waals surface area contributed by atoms with Gasteiger partial charge in [-0.15, -0.1) is 0 Å². The summed E-state index contributed by atoms with van der Waals surface area (Å²) in [6.45, 7) is 0.399. The lowest BCUT2D eigenvalue weighted by molar-refractivity contribution is 0.284. The lowest BCUT2D eigenvalue weighted by Crippen LogP contribution is -2.22. The van der Waals surface area contributed by atoms with Gasteiger partial charge < -0.3 is 9.47 Å². The third-order valence-corrected chi connectivity index (χ3v) is 6.16. The van der Waals surface area contributed by atoms with Crippen molar-refractivity contribution < 1.29 is 9.47 Å². The van der Waals surface area contributed by atoms with Gasteiger partial charge in [0.15, 0.2) is 16.5 Å². The van der Waals surface area contributed by atoms with E-state index in [-0.39, 0.29) is 5.56 Å². The van der Waals surface area contributed by atoms with Crippen molar-refractivity contribution in [1.82, 2.24) is 9.38 Å². The molecular weight excluding hydrogens is 432 g/mol. The fourth-order valence-electron chi connectivity index (χ4n) is 3.40. The quantitative estimate of drug-likeness (QED) is 0.391. The van der Waals surface area contributed by atoms with Crippen molar-refractivity contribution in [2.75, 3.05) is 7.11 Å². The minimum atomic E-state index is -0.0734. The highest BCUT2D eigenvalue weighted by Crippen LogP contribution is 2.29.